The zero-order valence-electron chi connectivity index (χ0n) is 14.5. The highest BCUT2D eigenvalue weighted by molar-refractivity contribution is 9.10. The van der Waals surface area contributed by atoms with E-state index in [1.165, 1.54) is 12.1 Å². The van der Waals surface area contributed by atoms with Crippen LogP contribution in [0.15, 0.2) is 53.0 Å². The van der Waals surface area contributed by atoms with Crippen molar-refractivity contribution >= 4 is 33.2 Å². The molecular formula is C19H19BrF3N3O. The summed E-state index contributed by atoms with van der Waals surface area (Å²) in [5.74, 6) is -0.107. The van der Waals surface area contributed by atoms with Gasteiger partial charge in [-0.05, 0) is 42.5 Å². The summed E-state index contributed by atoms with van der Waals surface area (Å²) >= 11 is 3.34. The first-order chi connectivity index (χ1) is 12.8. The van der Waals surface area contributed by atoms with Crippen LogP contribution in [0.3, 0.4) is 0 Å². The first-order valence-electron chi connectivity index (χ1n) is 8.51. The molecule has 8 heteroatoms. The Morgan fingerprint density at radius 3 is 2.33 bits per heavy atom. The number of halogens is 4. The number of alkyl halides is 3. The molecule has 1 N–H and O–H groups in total. The van der Waals surface area contributed by atoms with Crippen molar-refractivity contribution in [3.05, 3.63) is 58.6 Å². The second kappa shape index (κ2) is 8.31. The maximum Gasteiger partial charge on any atom is 0.416 e. The fraction of sp³-hybridized carbons (Fsp3) is 0.316. The lowest BCUT2D eigenvalue weighted by atomic mass is 10.1. The van der Waals surface area contributed by atoms with Crippen LogP contribution in [0, 0.1) is 0 Å². The molecule has 0 bridgehead atoms. The number of benzene rings is 2. The molecular weight excluding hydrogens is 423 g/mol. The molecule has 0 aromatic heterocycles. The third-order valence-electron chi connectivity index (χ3n) is 4.41. The molecule has 2 aromatic carbocycles. The van der Waals surface area contributed by atoms with Crippen LogP contribution in [0.1, 0.15) is 5.56 Å². The molecule has 1 heterocycles. The van der Waals surface area contributed by atoms with Gasteiger partial charge < -0.3 is 10.2 Å². The number of rotatable bonds is 4. The van der Waals surface area contributed by atoms with Gasteiger partial charge in [0.2, 0.25) is 5.91 Å². The Morgan fingerprint density at radius 1 is 1.04 bits per heavy atom. The first kappa shape index (κ1) is 19.7. The van der Waals surface area contributed by atoms with Gasteiger partial charge >= 0.3 is 6.18 Å². The third-order valence-corrected chi connectivity index (χ3v) is 4.93. The maximum atomic E-state index is 12.9. The zero-order valence-corrected chi connectivity index (χ0v) is 16.1. The number of piperazine rings is 1. The first-order valence-corrected chi connectivity index (χ1v) is 9.30. The highest BCUT2D eigenvalue weighted by Gasteiger charge is 2.31. The molecule has 27 heavy (non-hydrogen) atoms. The number of amides is 1. The van der Waals surface area contributed by atoms with Crippen LogP contribution in [0.5, 0.6) is 0 Å². The van der Waals surface area contributed by atoms with Crippen molar-refractivity contribution in [1.29, 1.82) is 0 Å². The summed E-state index contributed by atoms with van der Waals surface area (Å²) in [6.45, 7) is 2.64. The minimum Gasteiger partial charge on any atom is -0.369 e. The average Bonchev–Trinajstić information content (AvgIpc) is 2.64. The van der Waals surface area contributed by atoms with Gasteiger partial charge in [-0.25, -0.2) is 0 Å². The van der Waals surface area contributed by atoms with Crippen LogP contribution in [0.2, 0.25) is 0 Å². The van der Waals surface area contributed by atoms with E-state index < -0.39 is 11.7 Å². The third kappa shape index (κ3) is 5.46. The quantitative estimate of drug-likeness (QED) is 0.770. The molecule has 0 atom stereocenters. The van der Waals surface area contributed by atoms with Crippen LogP contribution in [-0.4, -0.2) is 43.5 Å². The van der Waals surface area contributed by atoms with Gasteiger partial charge in [0.1, 0.15) is 0 Å². The van der Waals surface area contributed by atoms with Gasteiger partial charge in [-0.15, -0.1) is 0 Å². The van der Waals surface area contributed by atoms with Crippen molar-refractivity contribution in [1.82, 2.24) is 4.90 Å². The molecule has 0 spiro atoms. The molecule has 0 saturated carbocycles. The van der Waals surface area contributed by atoms with Gasteiger partial charge in [-0.1, -0.05) is 22.0 Å². The summed E-state index contributed by atoms with van der Waals surface area (Å²) in [6, 6.07) is 12.7. The van der Waals surface area contributed by atoms with Crippen molar-refractivity contribution in [2.75, 3.05) is 42.9 Å². The van der Waals surface area contributed by atoms with Gasteiger partial charge in [-0.3, -0.25) is 9.69 Å². The maximum absolute atomic E-state index is 12.9. The van der Waals surface area contributed by atoms with Crippen LogP contribution in [0.4, 0.5) is 24.5 Å². The van der Waals surface area contributed by atoms with E-state index in [-0.39, 0.29) is 12.5 Å². The lowest BCUT2D eigenvalue weighted by Gasteiger charge is -2.36. The number of nitrogens with zero attached hydrogens (tertiary/aromatic N) is 2. The minimum atomic E-state index is -4.34. The van der Waals surface area contributed by atoms with Crippen LogP contribution in [-0.2, 0) is 11.0 Å². The summed E-state index contributed by atoms with van der Waals surface area (Å²) in [7, 11) is 0. The molecule has 4 nitrogen and oxygen atoms in total. The Bertz CT molecular complexity index is 788. The zero-order chi connectivity index (χ0) is 19.4. The Labute approximate surface area is 164 Å². The smallest absolute Gasteiger partial charge is 0.369 e. The predicted molar refractivity (Wildman–Crippen MR) is 103 cm³/mol. The largest absolute Gasteiger partial charge is 0.416 e. The minimum absolute atomic E-state index is 0.107. The molecule has 144 valence electrons. The van der Waals surface area contributed by atoms with Crippen LogP contribution in [0.25, 0.3) is 0 Å². The van der Waals surface area contributed by atoms with Crippen molar-refractivity contribution in [3.63, 3.8) is 0 Å². The van der Waals surface area contributed by atoms with E-state index in [0.29, 0.717) is 31.9 Å². The summed E-state index contributed by atoms with van der Waals surface area (Å²) in [4.78, 5) is 16.1. The standard InChI is InChI=1S/C19H19BrF3N3O/c20-15-4-6-16(7-5-15)24-18(27)13-25-8-10-26(11-9-25)17-3-1-2-14(12-17)19(21,22)23/h1-7,12H,8-11,13H2,(H,24,27). The van der Waals surface area contributed by atoms with Crippen LogP contribution < -0.4 is 10.2 Å². The molecule has 0 radical (unpaired) electrons. The molecule has 0 aliphatic carbocycles. The molecule has 1 aliphatic rings. The number of carbonyl (C=O) groups excluding carboxylic acids is 1. The summed E-state index contributed by atoms with van der Waals surface area (Å²) in [5.41, 5.74) is 0.644. The lowest BCUT2D eigenvalue weighted by molar-refractivity contribution is -0.137. The Balaban J connectivity index is 1.51. The van der Waals surface area contributed by atoms with Gasteiger partial charge in [0, 0.05) is 42.0 Å². The summed E-state index contributed by atoms with van der Waals surface area (Å²) < 4.78 is 39.5. The van der Waals surface area contributed by atoms with Gasteiger partial charge in [-0.2, -0.15) is 13.2 Å². The van der Waals surface area contributed by atoms with E-state index >= 15 is 0 Å². The van der Waals surface area contributed by atoms with Gasteiger partial charge in [0.25, 0.3) is 0 Å². The Hall–Kier alpha value is -2.06. The van der Waals surface area contributed by atoms with E-state index in [9.17, 15) is 18.0 Å². The Kier molecular flexibility index (Phi) is 6.06. The molecule has 2 aromatic rings. The topological polar surface area (TPSA) is 35.6 Å². The van der Waals surface area contributed by atoms with Crippen molar-refractivity contribution in [2.24, 2.45) is 0 Å². The fourth-order valence-corrected chi connectivity index (χ4v) is 3.24. The second-order valence-corrected chi connectivity index (χ2v) is 7.28. The number of hydrogen-bond donors (Lipinski definition) is 1. The van der Waals surface area contributed by atoms with Crippen molar-refractivity contribution in [3.8, 4) is 0 Å². The van der Waals surface area contributed by atoms with E-state index in [1.54, 1.807) is 6.07 Å². The molecule has 3 rings (SSSR count). The number of carbonyl (C=O) groups is 1. The Morgan fingerprint density at radius 2 is 1.70 bits per heavy atom. The molecule has 1 aliphatic heterocycles. The molecule has 1 amide bonds. The van der Waals surface area contributed by atoms with E-state index in [0.717, 1.165) is 16.2 Å². The second-order valence-electron chi connectivity index (χ2n) is 6.37. The number of hydrogen-bond acceptors (Lipinski definition) is 3. The number of nitrogens with one attached hydrogen (secondary N) is 1. The van der Waals surface area contributed by atoms with Crippen molar-refractivity contribution in [2.45, 2.75) is 6.18 Å². The molecule has 1 fully saturated rings. The lowest BCUT2D eigenvalue weighted by Crippen LogP contribution is -2.48. The summed E-state index contributed by atoms with van der Waals surface area (Å²) in [6.07, 6.45) is -4.34. The monoisotopic (exact) mass is 441 g/mol. The predicted octanol–water partition coefficient (Wildman–Crippen LogP) is 4.23. The fourth-order valence-electron chi connectivity index (χ4n) is 2.98. The highest BCUT2D eigenvalue weighted by Crippen LogP contribution is 2.31. The van der Waals surface area contributed by atoms with E-state index in [2.05, 4.69) is 21.2 Å². The van der Waals surface area contributed by atoms with E-state index in [4.69, 9.17) is 0 Å². The summed E-state index contributed by atoms with van der Waals surface area (Å²) in [5, 5.41) is 2.84. The highest BCUT2D eigenvalue weighted by atomic mass is 79.9. The normalized spacial score (nSPS) is 15.6. The van der Waals surface area contributed by atoms with Gasteiger partial charge in [0.05, 0.1) is 12.1 Å². The SMILES string of the molecule is O=C(CN1CCN(c2cccc(C(F)(F)F)c2)CC1)Nc1ccc(Br)cc1. The van der Waals surface area contributed by atoms with Crippen molar-refractivity contribution < 1.29 is 18.0 Å². The number of anilines is 2. The van der Waals surface area contributed by atoms with E-state index in [1.807, 2.05) is 34.1 Å². The molecule has 0 unspecified atom stereocenters. The van der Waals surface area contributed by atoms with Gasteiger partial charge in [0.15, 0.2) is 0 Å². The average molecular weight is 442 g/mol. The van der Waals surface area contributed by atoms with Crippen LogP contribution >= 0.6 is 15.9 Å². The molecule has 1 saturated heterocycles.